The number of aliphatic hydroxyl groups excluding tert-OH is 2. The van der Waals surface area contributed by atoms with Gasteiger partial charge in [-0.2, -0.15) is 0 Å². The van der Waals surface area contributed by atoms with Crippen molar-refractivity contribution in [2.45, 2.75) is 19.1 Å². The van der Waals surface area contributed by atoms with Gasteiger partial charge in [-0.15, -0.1) is 0 Å². The summed E-state index contributed by atoms with van der Waals surface area (Å²) in [5, 5.41) is 19.5. The number of hydrogen-bond acceptors (Lipinski definition) is 8. The summed E-state index contributed by atoms with van der Waals surface area (Å²) in [6.07, 6.45) is -0.995. The first-order valence-electron chi connectivity index (χ1n) is 8.15. The van der Waals surface area contributed by atoms with Crippen LogP contribution < -0.4 is 9.47 Å². The molecule has 8 nitrogen and oxygen atoms in total. The van der Waals surface area contributed by atoms with E-state index in [1.807, 2.05) is 0 Å². The zero-order valence-electron chi connectivity index (χ0n) is 15.1. The third kappa shape index (κ3) is 9.43. The minimum atomic E-state index is -1.00. The van der Waals surface area contributed by atoms with E-state index in [0.717, 1.165) is 6.08 Å². The molecule has 0 bridgehead atoms. The molecule has 0 aliphatic heterocycles. The van der Waals surface area contributed by atoms with Gasteiger partial charge < -0.3 is 29.2 Å². The molecular weight excluding hydrogens is 356 g/mol. The number of ether oxygens (including phenoxy) is 4. The van der Waals surface area contributed by atoms with Crippen molar-refractivity contribution in [1.82, 2.24) is 0 Å². The molecule has 0 radical (unpaired) electrons. The van der Waals surface area contributed by atoms with Crippen molar-refractivity contribution < 1.29 is 38.7 Å². The fourth-order valence-electron chi connectivity index (χ4n) is 1.67. The van der Waals surface area contributed by atoms with E-state index in [9.17, 15) is 19.8 Å². The molecule has 148 valence electrons. The van der Waals surface area contributed by atoms with E-state index < -0.39 is 24.1 Å². The highest BCUT2D eigenvalue weighted by molar-refractivity contribution is 5.86. The summed E-state index contributed by atoms with van der Waals surface area (Å²) in [7, 11) is 0. The molecule has 8 heteroatoms. The lowest BCUT2D eigenvalue weighted by Crippen LogP contribution is -2.25. The Labute approximate surface area is 157 Å². The molecule has 0 aromatic heterocycles. The zero-order chi connectivity index (χ0) is 20.2. The van der Waals surface area contributed by atoms with Crippen molar-refractivity contribution >= 4 is 11.9 Å². The largest absolute Gasteiger partial charge is 0.491 e. The van der Waals surface area contributed by atoms with Crippen LogP contribution in [-0.2, 0) is 19.1 Å². The first-order valence-corrected chi connectivity index (χ1v) is 8.15. The molecule has 0 heterocycles. The Kier molecular flexibility index (Phi) is 9.63. The molecule has 2 unspecified atom stereocenters. The molecule has 2 N–H and O–H groups in total. The van der Waals surface area contributed by atoms with E-state index in [1.165, 1.54) is 6.92 Å². The van der Waals surface area contributed by atoms with Crippen LogP contribution in [0.25, 0.3) is 0 Å². The van der Waals surface area contributed by atoms with Crippen LogP contribution in [0.3, 0.4) is 0 Å². The maximum atomic E-state index is 11.3. The monoisotopic (exact) mass is 380 g/mol. The summed E-state index contributed by atoms with van der Waals surface area (Å²) in [4.78, 5) is 22.2. The van der Waals surface area contributed by atoms with Crippen molar-refractivity contribution in [2.75, 3.05) is 26.4 Å². The Morgan fingerprint density at radius 2 is 1.56 bits per heavy atom. The minimum Gasteiger partial charge on any atom is -0.491 e. The van der Waals surface area contributed by atoms with Crippen LogP contribution in [0, 0.1) is 0 Å². The van der Waals surface area contributed by atoms with E-state index in [4.69, 9.17) is 18.9 Å². The second-order valence-electron chi connectivity index (χ2n) is 5.62. The average molecular weight is 380 g/mol. The van der Waals surface area contributed by atoms with Gasteiger partial charge in [-0.25, -0.2) is 9.59 Å². The number of rotatable bonds is 12. The Hall–Kier alpha value is -2.84. The first kappa shape index (κ1) is 22.2. The molecule has 1 aromatic carbocycles. The van der Waals surface area contributed by atoms with Crippen LogP contribution in [0.15, 0.2) is 49.1 Å². The zero-order valence-corrected chi connectivity index (χ0v) is 15.1. The van der Waals surface area contributed by atoms with Crippen molar-refractivity contribution in [1.29, 1.82) is 0 Å². The SMILES string of the molecule is C=CC(=O)OCC(O)COc1cccc(OCC(O)COC(=O)C(=C)C)c1. The van der Waals surface area contributed by atoms with Gasteiger partial charge in [-0.05, 0) is 19.1 Å². The van der Waals surface area contributed by atoms with Crippen LogP contribution >= 0.6 is 0 Å². The predicted octanol–water partition coefficient (Wildman–Crippen LogP) is 1.01. The lowest BCUT2D eigenvalue weighted by Gasteiger charge is -2.15. The van der Waals surface area contributed by atoms with Crippen LogP contribution in [0.5, 0.6) is 11.5 Å². The van der Waals surface area contributed by atoms with Crippen LogP contribution in [0.4, 0.5) is 0 Å². The van der Waals surface area contributed by atoms with E-state index in [1.54, 1.807) is 24.3 Å². The summed E-state index contributed by atoms with van der Waals surface area (Å²) in [5.41, 5.74) is 0.245. The Morgan fingerprint density at radius 3 is 2.04 bits per heavy atom. The standard InChI is InChI=1S/C19H24O8/c1-4-18(22)26-11-14(20)9-24-16-6-5-7-17(8-16)25-10-15(21)12-27-19(23)13(2)3/h4-8,14-15,20-21H,1-2,9-12H2,3H3. The Balaban J connectivity index is 2.38. The van der Waals surface area contributed by atoms with E-state index >= 15 is 0 Å². The average Bonchev–Trinajstić information content (AvgIpc) is 2.67. The summed E-state index contributed by atoms with van der Waals surface area (Å²) >= 11 is 0. The van der Waals surface area contributed by atoms with Crippen molar-refractivity contribution in [3.63, 3.8) is 0 Å². The predicted molar refractivity (Wildman–Crippen MR) is 96.4 cm³/mol. The van der Waals surface area contributed by atoms with Crippen LogP contribution in [-0.4, -0.2) is 60.8 Å². The normalized spacial score (nSPS) is 12.4. The highest BCUT2D eigenvalue weighted by Crippen LogP contribution is 2.19. The molecule has 2 atom stereocenters. The first-order chi connectivity index (χ1) is 12.8. The van der Waals surface area contributed by atoms with Crippen molar-refractivity contribution in [3.05, 3.63) is 49.1 Å². The Bertz CT molecular complexity index is 655. The molecule has 1 rings (SSSR count). The molecule has 0 fully saturated rings. The van der Waals surface area contributed by atoms with Gasteiger partial charge in [0.2, 0.25) is 0 Å². The topological polar surface area (TPSA) is 112 Å². The quantitative estimate of drug-likeness (QED) is 0.408. The lowest BCUT2D eigenvalue weighted by atomic mass is 10.3. The van der Waals surface area contributed by atoms with Gasteiger partial charge in [0.05, 0.1) is 0 Å². The number of aliphatic hydroxyl groups is 2. The van der Waals surface area contributed by atoms with Gasteiger partial charge in [0.15, 0.2) is 0 Å². The molecule has 0 saturated carbocycles. The van der Waals surface area contributed by atoms with Gasteiger partial charge in [0.1, 0.15) is 50.1 Å². The molecule has 0 spiro atoms. The third-order valence-electron chi connectivity index (χ3n) is 3.03. The molecule has 0 saturated heterocycles. The fourth-order valence-corrected chi connectivity index (χ4v) is 1.67. The van der Waals surface area contributed by atoms with Gasteiger partial charge in [-0.1, -0.05) is 19.2 Å². The van der Waals surface area contributed by atoms with Crippen LogP contribution in [0.1, 0.15) is 6.92 Å². The number of hydrogen-bond donors (Lipinski definition) is 2. The van der Waals surface area contributed by atoms with E-state index in [0.29, 0.717) is 11.5 Å². The summed E-state index contributed by atoms with van der Waals surface area (Å²) in [6.45, 7) is 7.60. The molecule has 27 heavy (non-hydrogen) atoms. The number of benzene rings is 1. The fraction of sp³-hybridized carbons (Fsp3) is 0.368. The van der Waals surface area contributed by atoms with Gasteiger partial charge in [0, 0.05) is 17.7 Å². The second-order valence-corrected chi connectivity index (χ2v) is 5.62. The minimum absolute atomic E-state index is 0.0899. The lowest BCUT2D eigenvalue weighted by molar-refractivity contribution is -0.142. The van der Waals surface area contributed by atoms with Crippen molar-refractivity contribution in [2.24, 2.45) is 0 Å². The van der Waals surface area contributed by atoms with E-state index in [2.05, 4.69) is 13.2 Å². The molecule has 0 amide bonds. The number of carbonyl (C=O) groups is 2. The second kappa shape index (κ2) is 11.7. The molecule has 0 aliphatic rings. The smallest absolute Gasteiger partial charge is 0.333 e. The maximum absolute atomic E-state index is 11.3. The highest BCUT2D eigenvalue weighted by atomic mass is 16.6. The molecule has 1 aromatic rings. The maximum Gasteiger partial charge on any atom is 0.333 e. The van der Waals surface area contributed by atoms with Gasteiger partial charge >= 0.3 is 11.9 Å². The summed E-state index contributed by atoms with van der Waals surface area (Å²) in [5.74, 6) is -0.367. The number of carbonyl (C=O) groups excluding carboxylic acids is 2. The molecular formula is C19H24O8. The van der Waals surface area contributed by atoms with Gasteiger partial charge in [-0.3, -0.25) is 0 Å². The van der Waals surface area contributed by atoms with Gasteiger partial charge in [0.25, 0.3) is 0 Å². The summed E-state index contributed by atoms with van der Waals surface area (Å²) < 4.78 is 20.3. The third-order valence-corrected chi connectivity index (χ3v) is 3.03. The van der Waals surface area contributed by atoms with Crippen molar-refractivity contribution in [3.8, 4) is 11.5 Å². The summed E-state index contributed by atoms with van der Waals surface area (Å²) in [6, 6.07) is 6.54. The van der Waals surface area contributed by atoms with E-state index in [-0.39, 0.29) is 32.0 Å². The number of esters is 2. The molecule has 0 aliphatic carbocycles. The highest BCUT2D eigenvalue weighted by Gasteiger charge is 2.11. The van der Waals surface area contributed by atoms with Crippen LogP contribution in [0.2, 0.25) is 0 Å². The Morgan fingerprint density at radius 1 is 1.04 bits per heavy atom.